The number of hydrogen-bond donors (Lipinski definition) is 0. The molecule has 1 aromatic rings. The number of benzene rings is 1. The van der Waals surface area contributed by atoms with Crippen LogP contribution in [0.15, 0.2) is 18.2 Å². The van der Waals surface area contributed by atoms with Crippen molar-refractivity contribution in [2.24, 2.45) is 5.92 Å². The van der Waals surface area contributed by atoms with Crippen LogP contribution in [0.5, 0.6) is 0 Å². The highest BCUT2D eigenvalue weighted by Crippen LogP contribution is 2.31. The van der Waals surface area contributed by atoms with E-state index in [0.29, 0.717) is 18.6 Å². The second-order valence-electron chi connectivity index (χ2n) is 6.23. The molecule has 2 aliphatic heterocycles. The molecule has 2 atom stereocenters. The summed E-state index contributed by atoms with van der Waals surface area (Å²) in [6, 6.07) is 3.61. The van der Waals surface area contributed by atoms with Crippen LogP contribution in [0.3, 0.4) is 0 Å². The van der Waals surface area contributed by atoms with Crippen molar-refractivity contribution in [1.29, 1.82) is 0 Å². The summed E-state index contributed by atoms with van der Waals surface area (Å²) in [5.41, 5.74) is 0.0650. The molecule has 3 nitrogen and oxygen atoms in total. The lowest BCUT2D eigenvalue weighted by molar-refractivity contribution is 0.00735. The van der Waals surface area contributed by atoms with Crippen molar-refractivity contribution in [3.63, 3.8) is 0 Å². The Hall–Kier alpha value is -1.49. The molecule has 0 bridgehead atoms. The van der Waals surface area contributed by atoms with Gasteiger partial charge in [0.05, 0.1) is 12.2 Å². The van der Waals surface area contributed by atoms with Gasteiger partial charge in [0.1, 0.15) is 0 Å². The van der Waals surface area contributed by atoms with Crippen LogP contribution in [-0.2, 0) is 4.74 Å². The van der Waals surface area contributed by atoms with Gasteiger partial charge in [-0.25, -0.2) is 13.6 Å². The zero-order valence-electron chi connectivity index (χ0n) is 12.6. The first-order chi connectivity index (χ1) is 10.6. The van der Waals surface area contributed by atoms with Crippen molar-refractivity contribution in [2.75, 3.05) is 19.7 Å². The summed E-state index contributed by atoms with van der Waals surface area (Å²) in [4.78, 5) is 14.5. The Bertz CT molecular complexity index is 547. The monoisotopic (exact) mass is 309 g/mol. The lowest BCUT2D eigenvalue weighted by Gasteiger charge is -2.44. The zero-order chi connectivity index (χ0) is 15.5. The Morgan fingerprint density at radius 2 is 1.95 bits per heavy atom. The van der Waals surface area contributed by atoms with Gasteiger partial charge in [0.2, 0.25) is 0 Å². The Morgan fingerprint density at radius 1 is 1.14 bits per heavy atom. The highest BCUT2D eigenvalue weighted by Gasteiger charge is 2.33. The van der Waals surface area contributed by atoms with Gasteiger partial charge in [-0.15, -0.1) is 0 Å². The number of carbonyl (C=O) groups excluding carboxylic acids is 1. The van der Waals surface area contributed by atoms with E-state index in [0.717, 1.165) is 44.5 Å². The molecule has 120 valence electrons. The van der Waals surface area contributed by atoms with Gasteiger partial charge in [0, 0.05) is 12.0 Å². The van der Waals surface area contributed by atoms with E-state index in [1.54, 1.807) is 0 Å². The molecule has 0 saturated carbocycles. The summed E-state index contributed by atoms with van der Waals surface area (Å²) in [6.07, 6.45) is 5.83. The van der Waals surface area contributed by atoms with Gasteiger partial charge in [-0.2, -0.15) is 0 Å². The standard InChI is InChI=1S/C17H21F2NO2/c18-14-7-6-12(10-15(14)19)17(21)22-11-13-4-3-9-20-8-2-1-5-16(13)20/h6-7,10,13,16H,1-5,8-9,11H2/t13-,16+/m1/s1. The predicted octanol–water partition coefficient (Wildman–Crippen LogP) is 3.39. The van der Waals surface area contributed by atoms with Gasteiger partial charge in [0.15, 0.2) is 11.6 Å². The molecule has 3 rings (SSSR count). The quantitative estimate of drug-likeness (QED) is 0.802. The van der Waals surface area contributed by atoms with E-state index < -0.39 is 17.6 Å². The van der Waals surface area contributed by atoms with Gasteiger partial charge in [-0.1, -0.05) is 6.42 Å². The Labute approximate surface area is 129 Å². The van der Waals surface area contributed by atoms with Crippen LogP contribution in [0, 0.1) is 17.6 Å². The maximum Gasteiger partial charge on any atom is 0.338 e. The van der Waals surface area contributed by atoms with Crippen LogP contribution in [0.4, 0.5) is 8.78 Å². The second kappa shape index (κ2) is 6.73. The van der Waals surface area contributed by atoms with Crippen molar-refractivity contribution in [1.82, 2.24) is 4.90 Å². The molecule has 0 amide bonds. The predicted molar refractivity (Wildman–Crippen MR) is 78.6 cm³/mol. The van der Waals surface area contributed by atoms with E-state index >= 15 is 0 Å². The highest BCUT2D eigenvalue weighted by atomic mass is 19.2. The topological polar surface area (TPSA) is 29.5 Å². The normalized spacial score (nSPS) is 25.5. The molecule has 2 heterocycles. The SMILES string of the molecule is O=C(OC[C@H]1CCCN2CCCC[C@@H]12)c1ccc(F)c(F)c1. The molecule has 5 heteroatoms. The minimum absolute atomic E-state index is 0.0650. The summed E-state index contributed by atoms with van der Waals surface area (Å²) in [5.74, 6) is -2.21. The number of piperidine rings is 2. The molecule has 1 aromatic carbocycles. The summed E-state index contributed by atoms with van der Waals surface area (Å²) in [5, 5.41) is 0. The summed E-state index contributed by atoms with van der Waals surface area (Å²) < 4.78 is 31.4. The van der Waals surface area contributed by atoms with Crippen LogP contribution >= 0.6 is 0 Å². The van der Waals surface area contributed by atoms with E-state index in [9.17, 15) is 13.6 Å². The molecule has 2 fully saturated rings. The summed E-state index contributed by atoms with van der Waals surface area (Å²) in [7, 11) is 0. The van der Waals surface area contributed by atoms with Gasteiger partial charge in [-0.3, -0.25) is 4.90 Å². The maximum absolute atomic E-state index is 13.2. The van der Waals surface area contributed by atoms with E-state index in [1.165, 1.54) is 18.9 Å². The van der Waals surface area contributed by atoms with Crippen molar-refractivity contribution in [3.8, 4) is 0 Å². The second-order valence-corrected chi connectivity index (χ2v) is 6.23. The molecule has 0 aliphatic carbocycles. The Kier molecular flexibility index (Phi) is 4.71. The largest absolute Gasteiger partial charge is 0.462 e. The van der Waals surface area contributed by atoms with Gasteiger partial charge >= 0.3 is 5.97 Å². The van der Waals surface area contributed by atoms with Crippen LogP contribution in [-0.4, -0.2) is 36.6 Å². The molecule has 2 saturated heterocycles. The zero-order valence-corrected chi connectivity index (χ0v) is 12.6. The van der Waals surface area contributed by atoms with Crippen molar-refractivity contribution < 1.29 is 18.3 Å². The number of halogens is 2. The van der Waals surface area contributed by atoms with Gasteiger partial charge in [0.25, 0.3) is 0 Å². The molecule has 22 heavy (non-hydrogen) atoms. The number of fused-ring (bicyclic) bond motifs is 1. The molecule has 0 unspecified atom stereocenters. The summed E-state index contributed by atoms with van der Waals surface area (Å²) in [6.45, 7) is 2.63. The van der Waals surface area contributed by atoms with Crippen LogP contribution in [0.25, 0.3) is 0 Å². The third-order valence-electron chi connectivity index (χ3n) is 4.81. The average Bonchev–Trinajstić information content (AvgIpc) is 2.55. The lowest BCUT2D eigenvalue weighted by Crippen LogP contribution is -2.49. The van der Waals surface area contributed by atoms with Crippen LogP contribution in [0.2, 0.25) is 0 Å². The van der Waals surface area contributed by atoms with Crippen molar-refractivity contribution in [2.45, 2.75) is 38.1 Å². The third kappa shape index (κ3) is 3.29. The third-order valence-corrected chi connectivity index (χ3v) is 4.81. The molecular weight excluding hydrogens is 288 g/mol. The highest BCUT2D eigenvalue weighted by molar-refractivity contribution is 5.89. The van der Waals surface area contributed by atoms with Crippen molar-refractivity contribution >= 4 is 5.97 Å². The average molecular weight is 309 g/mol. The molecular formula is C17H21F2NO2. The Morgan fingerprint density at radius 3 is 2.77 bits per heavy atom. The molecule has 0 N–H and O–H groups in total. The fraction of sp³-hybridized carbons (Fsp3) is 0.588. The van der Waals surface area contributed by atoms with E-state index in [1.807, 2.05) is 0 Å². The minimum atomic E-state index is -1.02. The maximum atomic E-state index is 13.2. The summed E-state index contributed by atoms with van der Waals surface area (Å²) >= 11 is 0. The van der Waals surface area contributed by atoms with Gasteiger partial charge < -0.3 is 4.74 Å². The number of ether oxygens (including phenoxy) is 1. The van der Waals surface area contributed by atoms with Crippen LogP contribution < -0.4 is 0 Å². The molecule has 0 spiro atoms. The van der Waals surface area contributed by atoms with E-state index in [4.69, 9.17) is 4.74 Å². The van der Waals surface area contributed by atoms with E-state index in [-0.39, 0.29) is 5.56 Å². The number of hydrogen-bond acceptors (Lipinski definition) is 3. The van der Waals surface area contributed by atoms with Crippen LogP contribution in [0.1, 0.15) is 42.5 Å². The smallest absolute Gasteiger partial charge is 0.338 e. The molecule has 0 radical (unpaired) electrons. The molecule has 0 aromatic heterocycles. The number of carbonyl (C=O) groups is 1. The number of esters is 1. The lowest BCUT2D eigenvalue weighted by atomic mass is 9.84. The first-order valence-corrected chi connectivity index (χ1v) is 8.01. The fourth-order valence-corrected chi connectivity index (χ4v) is 3.66. The number of nitrogens with zero attached hydrogens (tertiary/aromatic N) is 1. The first kappa shape index (κ1) is 15.4. The van der Waals surface area contributed by atoms with Crippen molar-refractivity contribution in [3.05, 3.63) is 35.4 Å². The minimum Gasteiger partial charge on any atom is -0.462 e. The van der Waals surface area contributed by atoms with Gasteiger partial charge in [-0.05, 0) is 57.0 Å². The number of rotatable bonds is 3. The fourth-order valence-electron chi connectivity index (χ4n) is 3.66. The first-order valence-electron chi connectivity index (χ1n) is 8.01. The van der Waals surface area contributed by atoms with E-state index in [2.05, 4.69) is 4.90 Å². The Balaban J connectivity index is 1.59. The molecule has 2 aliphatic rings.